The van der Waals surface area contributed by atoms with E-state index >= 15 is 0 Å². The van der Waals surface area contributed by atoms with Crippen molar-refractivity contribution in [2.24, 2.45) is 16.7 Å². The highest BCUT2D eigenvalue weighted by molar-refractivity contribution is 5.85. The van der Waals surface area contributed by atoms with E-state index < -0.39 is 0 Å². The minimum atomic E-state index is 0. The molecule has 1 nitrogen and oxygen atoms in total. The molecule has 0 heterocycles. The second-order valence-electron chi connectivity index (χ2n) is 7.13. The molecule has 0 spiro atoms. The lowest BCUT2D eigenvalue weighted by Gasteiger charge is -2.62. The van der Waals surface area contributed by atoms with Gasteiger partial charge in [-0.3, -0.25) is 0 Å². The van der Waals surface area contributed by atoms with Crippen LogP contribution in [0.4, 0.5) is 0 Å². The van der Waals surface area contributed by atoms with Gasteiger partial charge in [-0.15, -0.1) is 12.4 Å². The minimum Gasteiger partial charge on any atom is -0.353 e. The van der Waals surface area contributed by atoms with Gasteiger partial charge in [0, 0.05) is 19.3 Å². The number of hydrogen-bond acceptors (Lipinski definition) is 0. The average Bonchev–Trinajstić information content (AvgIpc) is 1.71. The minimum absolute atomic E-state index is 0. The molecule has 2 heteroatoms. The fourth-order valence-corrected chi connectivity index (χ4v) is 5.68. The third kappa shape index (κ3) is 1.40. The lowest BCUT2D eigenvalue weighted by molar-refractivity contribution is -0.514. The highest BCUT2D eigenvalue weighted by Gasteiger charge is 2.60. The molecule has 4 aliphatic carbocycles. The van der Waals surface area contributed by atoms with Crippen molar-refractivity contribution in [1.29, 1.82) is 0 Å². The van der Waals surface area contributed by atoms with E-state index in [1.165, 1.54) is 38.5 Å². The number of hydrogen-bond donors (Lipinski definition) is 1. The first-order valence-electron chi connectivity index (χ1n) is 5.76. The van der Waals surface area contributed by atoms with E-state index in [0.717, 1.165) is 5.92 Å². The highest BCUT2D eigenvalue weighted by Crippen LogP contribution is 2.64. The predicted molar refractivity (Wildman–Crippen MR) is 60.3 cm³/mol. The summed E-state index contributed by atoms with van der Waals surface area (Å²) < 4.78 is 0. The van der Waals surface area contributed by atoms with Crippen molar-refractivity contribution in [1.82, 2.24) is 0 Å². The summed E-state index contributed by atoms with van der Waals surface area (Å²) >= 11 is 0. The van der Waals surface area contributed by atoms with Gasteiger partial charge < -0.3 is 5.73 Å². The van der Waals surface area contributed by atoms with Crippen LogP contribution in [0.2, 0.25) is 0 Å². The average molecular weight is 217 g/mol. The molecule has 4 fully saturated rings. The molecule has 0 aromatic rings. The molecule has 0 aromatic carbocycles. The van der Waals surface area contributed by atoms with Crippen LogP contribution >= 0.6 is 12.4 Å². The van der Waals surface area contributed by atoms with Crippen molar-refractivity contribution in [3.8, 4) is 0 Å². The van der Waals surface area contributed by atoms with Crippen LogP contribution in [0.3, 0.4) is 0 Å². The zero-order valence-corrected chi connectivity index (χ0v) is 10.3. The van der Waals surface area contributed by atoms with Crippen LogP contribution in [-0.4, -0.2) is 5.54 Å². The molecule has 3 N–H and O–H groups in total. The maximum absolute atomic E-state index is 4.52. The molecule has 0 aliphatic heterocycles. The van der Waals surface area contributed by atoms with Crippen molar-refractivity contribution < 1.29 is 5.73 Å². The maximum Gasteiger partial charge on any atom is 0.0959 e. The largest absolute Gasteiger partial charge is 0.353 e. The van der Waals surface area contributed by atoms with E-state index in [1.54, 1.807) is 0 Å². The molecule has 0 radical (unpaired) electrons. The van der Waals surface area contributed by atoms with E-state index in [4.69, 9.17) is 0 Å². The van der Waals surface area contributed by atoms with Crippen LogP contribution < -0.4 is 5.73 Å². The Bertz CT molecular complexity index is 212. The Morgan fingerprint density at radius 2 is 1.43 bits per heavy atom. The predicted octanol–water partition coefficient (Wildman–Crippen LogP) is 2.40. The van der Waals surface area contributed by atoms with Gasteiger partial charge in [0.1, 0.15) is 0 Å². The van der Waals surface area contributed by atoms with E-state index in [0.29, 0.717) is 16.4 Å². The molecule has 4 rings (SSSR count). The first-order chi connectivity index (χ1) is 5.91. The summed E-state index contributed by atoms with van der Waals surface area (Å²) in [4.78, 5) is 0. The van der Waals surface area contributed by atoms with Crippen molar-refractivity contribution in [2.75, 3.05) is 0 Å². The normalized spacial score (nSPS) is 59.8. The number of halogens is 1. The quantitative estimate of drug-likeness (QED) is 0.644. The van der Waals surface area contributed by atoms with E-state index in [2.05, 4.69) is 19.6 Å². The standard InChI is InChI=1S/C12H21N.ClH/c1-10-3-9-4-11(2,6-10)8-12(13,5-9)7-10;/h9H,3-8,13H2,1-2H3;1H/p+1. The number of quaternary nitrogens is 1. The van der Waals surface area contributed by atoms with Crippen LogP contribution in [-0.2, 0) is 0 Å². The van der Waals surface area contributed by atoms with Gasteiger partial charge in [-0.1, -0.05) is 13.8 Å². The first-order valence-corrected chi connectivity index (χ1v) is 5.76. The van der Waals surface area contributed by atoms with Crippen molar-refractivity contribution in [3.63, 3.8) is 0 Å². The highest BCUT2D eigenvalue weighted by atomic mass is 35.5. The summed E-state index contributed by atoms with van der Waals surface area (Å²) in [5, 5.41) is 0. The molecule has 2 unspecified atom stereocenters. The lowest BCUT2D eigenvalue weighted by Crippen LogP contribution is -2.80. The molecular formula is C12H23ClN+. The van der Waals surface area contributed by atoms with Crippen molar-refractivity contribution >= 4 is 12.4 Å². The molecule has 2 atom stereocenters. The Balaban J connectivity index is 0.000000750. The topological polar surface area (TPSA) is 27.6 Å². The smallest absolute Gasteiger partial charge is 0.0959 e. The Labute approximate surface area is 93.2 Å². The second-order valence-corrected chi connectivity index (χ2v) is 7.13. The van der Waals surface area contributed by atoms with Crippen LogP contribution in [0.5, 0.6) is 0 Å². The van der Waals surface area contributed by atoms with Gasteiger partial charge in [-0.25, -0.2) is 0 Å². The van der Waals surface area contributed by atoms with Crippen LogP contribution in [0.25, 0.3) is 0 Å². The Kier molecular flexibility index (Phi) is 2.06. The summed E-state index contributed by atoms with van der Waals surface area (Å²) in [5.74, 6) is 1.02. The lowest BCUT2D eigenvalue weighted by atomic mass is 9.43. The number of rotatable bonds is 0. The van der Waals surface area contributed by atoms with Crippen molar-refractivity contribution in [2.45, 2.75) is 57.9 Å². The summed E-state index contributed by atoms with van der Waals surface area (Å²) in [6.45, 7) is 5.02. The molecule has 0 aromatic heterocycles. The summed E-state index contributed by atoms with van der Waals surface area (Å²) in [6, 6.07) is 0. The summed E-state index contributed by atoms with van der Waals surface area (Å²) in [7, 11) is 0. The Morgan fingerprint density at radius 1 is 0.929 bits per heavy atom. The molecule has 82 valence electrons. The summed E-state index contributed by atoms with van der Waals surface area (Å²) in [6.07, 6.45) is 8.73. The third-order valence-electron chi connectivity index (χ3n) is 4.74. The molecular weight excluding hydrogens is 194 g/mol. The SMILES string of the molecule is CC12CC3CC(C)(C1)CC([NH3+])(C3)C2.Cl. The monoisotopic (exact) mass is 216 g/mol. The van der Waals surface area contributed by atoms with Crippen molar-refractivity contribution in [3.05, 3.63) is 0 Å². The molecule has 4 saturated carbocycles. The Morgan fingerprint density at radius 3 is 1.79 bits per heavy atom. The fraction of sp³-hybridized carbons (Fsp3) is 1.00. The Hall–Kier alpha value is 0.250. The van der Waals surface area contributed by atoms with Gasteiger partial charge in [-0.05, 0) is 36.0 Å². The van der Waals surface area contributed by atoms with Gasteiger partial charge in [-0.2, -0.15) is 0 Å². The molecule has 0 amide bonds. The summed E-state index contributed by atoms with van der Waals surface area (Å²) in [5.41, 5.74) is 6.32. The maximum atomic E-state index is 4.52. The van der Waals surface area contributed by atoms with Gasteiger partial charge in [0.2, 0.25) is 0 Å². The zero-order chi connectivity index (χ0) is 9.32. The van der Waals surface area contributed by atoms with E-state index in [-0.39, 0.29) is 12.4 Å². The third-order valence-corrected chi connectivity index (χ3v) is 4.74. The zero-order valence-electron chi connectivity index (χ0n) is 9.44. The van der Waals surface area contributed by atoms with E-state index in [9.17, 15) is 0 Å². The van der Waals surface area contributed by atoms with Gasteiger partial charge in [0.05, 0.1) is 5.54 Å². The molecule has 4 aliphatic rings. The second kappa shape index (κ2) is 2.68. The molecule has 0 saturated heterocycles. The fourth-order valence-electron chi connectivity index (χ4n) is 5.68. The van der Waals surface area contributed by atoms with Gasteiger partial charge in [0.25, 0.3) is 0 Å². The van der Waals surface area contributed by atoms with Crippen LogP contribution in [0.15, 0.2) is 0 Å². The van der Waals surface area contributed by atoms with Gasteiger partial charge >= 0.3 is 0 Å². The molecule has 14 heavy (non-hydrogen) atoms. The van der Waals surface area contributed by atoms with Gasteiger partial charge in [0.15, 0.2) is 0 Å². The van der Waals surface area contributed by atoms with E-state index in [1.807, 2.05) is 0 Å². The molecule has 4 bridgehead atoms. The first kappa shape index (κ1) is 10.8. The van der Waals surface area contributed by atoms with Crippen LogP contribution in [0, 0.1) is 16.7 Å². The van der Waals surface area contributed by atoms with Crippen LogP contribution in [0.1, 0.15) is 52.4 Å².